The van der Waals surface area contributed by atoms with E-state index in [2.05, 4.69) is 49.9 Å². The van der Waals surface area contributed by atoms with Gasteiger partial charge in [-0.05, 0) is 63.0 Å². The van der Waals surface area contributed by atoms with Crippen LogP contribution in [0.4, 0.5) is 5.82 Å². The lowest BCUT2D eigenvalue weighted by Crippen LogP contribution is -2.44. The SMILES string of the molecule is CC(=O)NCCCCOc1cc(N2CCOCC2C)nc2c(-c3ccnn3C3CCCCO3)nccc12.CCCC(C)(C)C. The predicted molar refractivity (Wildman–Crippen MR) is 175 cm³/mol. The van der Waals surface area contributed by atoms with Crippen molar-refractivity contribution in [2.24, 2.45) is 5.41 Å². The van der Waals surface area contributed by atoms with E-state index in [1.54, 1.807) is 12.4 Å². The fraction of sp³-hybridized carbons (Fsp3) is 0.647. The van der Waals surface area contributed by atoms with Crippen LogP contribution < -0.4 is 15.0 Å². The number of hydrogen-bond acceptors (Lipinski definition) is 8. The summed E-state index contributed by atoms with van der Waals surface area (Å²) in [4.78, 5) is 23.3. The molecule has 2 atom stereocenters. The summed E-state index contributed by atoms with van der Waals surface area (Å²) in [6, 6.07) is 6.17. The van der Waals surface area contributed by atoms with Gasteiger partial charge in [0.15, 0.2) is 6.23 Å². The first-order valence-corrected chi connectivity index (χ1v) is 16.3. The van der Waals surface area contributed by atoms with Crippen molar-refractivity contribution in [1.82, 2.24) is 25.1 Å². The Labute approximate surface area is 262 Å². The van der Waals surface area contributed by atoms with Crippen LogP contribution in [0, 0.1) is 5.41 Å². The number of morpholine rings is 1. The molecule has 10 heteroatoms. The average molecular weight is 609 g/mol. The molecule has 2 saturated heterocycles. The number of fused-ring (bicyclic) bond motifs is 1. The molecule has 2 aliphatic rings. The van der Waals surface area contributed by atoms with Crippen LogP contribution >= 0.6 is 0 Å². The summed E-state index contributed by atoms with van der Waals surface area (Å²) < 4.78 is 20.0. The van der Waals surface area contributed by atoms with Crippen LogP contribution in [0.15, 0.2) is 30.6 Å². The number of rotatable bonds is 10. The molecule has 0 saturated carbocycles. The number of unbranched alkanes of at least 4 members (excludes halogenated alkanes) is 1. The van der Waals surface area contributed by atoms with Gasteiger partial charge in [-0.15, -0.1) is 0 Å². The Kier molecular flexibility index (Phi) is 12.4. The van der Waals surface area contributed by atoms with Gasteiger partial charge in [0.2, 0.25) is 5.91 Å². The summed E-state index contributed by atoms with van der Waals surface area (Å²) in [5, 5.41) is 8.34. The van der Waals surface area contributed by atoms with Crippen molar-refractivity contribution in [3.63, 3.8) is 0 Å². The van der Waals surface area contributed by atoms with E-state index < -0.39 is 0 Å². The molecule has 10 nitrogen and oxygen atoms in total. The lowest BCUT2D eigenvalue weighted by atomic mass is 9.91. The number of amides is 1. The van der Waals surface area contributed by atoms with E-state index in [9.17, 15) is 4.79 Å². The molecule has 3 aromatic heterocycles. The fourth-order valence-corrected chi connectivity index (χ4v) is 5.70. The Hall–Kier alpha value is -3.24. The van der Waals surface area contributed by atoms with E-state index in [-0.39, 0.29) is 18.2 Å². The lowest BCUT2D eigenvalue weighted by molar-refractivity contribution is -0.118. The number of aromatic nitrogens is 4. The first-order chi connectivity index (χ1) is 21.2. The number of carbonyl (C=O) groups is 1. The van der Waals surface area contributed by atoms with Crippen molar-refractivity contribution in [3.05, 3.63) is 30.6 Å². The maximum Gasteiger partial charge on any atom is 0.216 e. The average Bonchev–Trinajstić information content (AvgIpc) is 3.49. The Bertz CT molecular complexity index is 1330. The molecule has 0 bridgehead atoms. The second-order valence-corrected chi connectivity index (χ2v) is 13.0. The number of hydrogen-bond donors (Lipinski definition) is 1. The molecule has 5 heterocycles. The summed E-state index contributed by atoms with van der Waals surface area (Å²) in [6.07, 6.45) is 11.0. The first kappa shape index (κ1) is 33.6. The molecule has 1 amide bonds. The predicted octanol–water partition coefficient (Wildman–Crippen LogP) is 6.55. The van der Waals surface area contributed by atoms with Crippen molar-refractivity contribution in [3.8, 4) is 17.1 Å². The van der Waals surface area contributed by atoms with Gasteiger partial charge >= 0.3 is 0 Å². The quantitative estimate of drug-likeness (QED) is 0.259. The molecule has 2 unspecified atom stereocenters. The molecule has 0 spiro atoms. The van der Waals surface area contributed by atoms with E-state index in [4.69, 9.17) is 24.2 Å². The lowest BCUT2D eigenvalue weighted by Gasteiger charge is -2.34. The summed E-state index contributed by atoms with van der Waals surface area (Å²) >= 11 is 0. The van der Waals surface area contributed by atoms with E-state index in [0.717, 1.165) is 79.1 Å². The first-order valence-electron chi connectivity index (χ1n) is 16.3. The molecule has 242 valence electrons. The summed E-state index contributed by atoms with van der Waals surface area (Å²) in [6.45, 7) is 16.7. The second-order valence-electron chi connectivity index (χ2n) is 13.0. The maximum absolute atomic E-state index is 11.1. The molecule has 5 rings (SSSR count). The summed E-state index contributed by atoms with van der Waals surface area (Å²) in [7, 11) is 0. The van der Waals surface area contributed by atoms with Crippen molar-refractivity contribution < 1.29 is 19.0 Å². The summed E-state index contributed by atoms with van der Waals surface area (Å²) in [5.41, 5.74) is 2.99. The zero-order valence-corrected chi connectivity index (χ0v) is 27.6. The topological polar surface area (TPSA) is 104 Å². The zero-order chi connectivity index (χ0) is 31.5. The second kappa shape index (κ2) is 16.2. The minimum atomic E-state index is -0.0995. The third kappa shape index (κ3) is 9.38. The standard InChI is InChI=1S/C27H36N6O4.C7H16/c1-19-18-35-16-13-32(19)24-17-23(36-14-6-4-10-28-20(2)34)21-8-11-29-27(26(21)31-24)22-9-12-30-33(22)25-7-3-5-15-37-25;1-5-6-7(2,3)4/h8-9,11-12,17,19,25H,3-7,10,13-16,18H2,1-2H3,(H,28,34);5-6H2,1-4H3. The fourth-order valence-electron chi connectivity index (χ4n) is 5.70. The number of ether oxygens (including phenoxy) is 3. The molecular weight excluding hydrogens is 556 g/mol. The number of anilines is 1. The van der Waals surface area contributed by atoms with Gasteiger partial charge < -0.3 is 24.4 Å². The molecule has 1 N–H and O–H groups in total. The molecule has 0 aromatic carbocycles. The van der Waals surface area contributed by atoms with E-state index in [1.165, 1.54) is 19.8 Å². The van der Waals surface area contributed by atoms with Crippen molar-refractivity contribution in [1.29, 1.82) is 0 Å². The molecule has 44 heavy (non-hydrogen) atoms. The van der Waals surface area contributed by atoms with E-state index >= 15 is 0 Å². The highest BCUT2D eigenvalue weighted by Crippen LogP contribution is 2.36. The van der Waals surface area contributed by atoms with Gasteiger partial charge in [0.05, 0.1) is 31.6 Å². The van der Waals surface area contributed by atoms with Crippen molar-refractivity contribution in [2.75, 3.05) is 44.4 Å². The minimum absolute atomic E-state index is 0.0109. The highest BCUT2D eigenvalue weighted by Gasteiger charge is 2.25. The smallest absolute Gasteiger partial charge is 0.216 e. The van der Waals surface area contributed by atoms with Gasteiger partial charge in [-0.3, -0.25) is 9.78 Å². The monoisotopic (exact) mass is 608 g/mol. The molecule has 3 aromatic rings. The Morgan fingerprint density at radius 1 is 1.16 bits per heavy atom. The van der Waals surface area contributed by atoms with Gasteiger partial charge in [0, 0.05) is 50.5 Å². The third-order valence-electron chi connectivity index (χ3n) is 7.88. The highest BCUT2D eigenvalue weighted by atomic mass is 16.5. The van der Waals surface area contributed by atoms with Crippen molar-refractivity contribution in [2.45, 2.75) is 98.8 Å². The van der Waals surface area contributed by atoms with E-state index in [0.29, 0.717) is 31.8 Å². The molecule has 2 fully saturated rings. The number of nitrogens with one attached hydrogen (secondary N) is 1. The molecule has 0 aliphatic carbocycles. The minimum Gasteiger partial charge on any atom is -0.493 e. The van der Waals surface area contributed by atoms with Gasteiger partial charge in [-0.2, -0.15) is 5.10 Å². The van der Waals surface area contributed by atoms with E-state index in [1.807, 2.05) is 22.9 Å². The maximum atomic E-state index is 11.1. The number of nitrogens with zero attached hydrogens (tertiary/aromatic N) is 5. The Balaban J connectivity index is 0.000000566. The number of pyridine rings is 2. The van der Waals surface area contributed by atoms with Crippen LogP contribution in [0.1, 0.15) is 92.7 Å². The van der Waals surface area contributed by atoms with Gasteiger partial charge in [-0.25, -0.2) is 9.67 Å². The van der Waals surface area contributed by atoms with Crippen molar-refractivity contribution >= 4 is 22.6 Å². The van der Waals surface area contributed by atoms with Crippen LogP contribution in [-0.2, 0) is 14.3 Å². The zero-order valence-electron chi connectivity index (χ0n) is 27.6. The Morgan fingerprint density at radius 2 is 2.00 bits per heavy atom. The van der Waals surface area contributed by atoms with Gasteiger partial charge in [0.25, 0.3) is 0 Å². The van der Waals surface area contributed by atoms with Crippen LogP contribution in [0.3, 0.4) is 0 Å². The van der Waals surface area contributed by atoms with Crippen LogP contribution in [-0.4, -0.2) is 71.2 Å². The van der Waals surface area contributed by atoms with Gasteiger partial charge in [-0.1, -0.05) is 34.1 Å². The molecule has 0 radical (unpaired) electrons. The number of carbonyl (C=O) groups excluding carboxylic acids is 1. The van der Waals surface area contributed by atoms with Crippen LogP contribution in [0.2, 0.25) is 0 Å². The third-order valence-corrected chi connectivity index (χ3v) is 7.88. The molecular formula is C34H52N6O4. The Morgan fingerprint density at radius 3 is 2.68 bits per heavy atom. The van der Waals surface area contributed by atoms with Crippen LogP contribution in [0.5, 0.6) is 5.75 Å². The normalized spacial score (nSPS) is 18.9. The summed E-state index contributed by atoms with van der Waals surface area (Å²) in [5.74, 6) is 1.62. The largest absolute Gasteiger partial charge is 0.493 e. The molecule has 2 aliphatic heterocycles. The van der Waals surface area contributed by atoms with Crippen LogP contribution in [0.25, 0.3) is 22.3 Å². The van der Waals surface area contributed by atoms with Gasteiger partial charge in [0.1, 0.15) is 22.8 Å². The highest BCUT2D eigenvalue weighted by molar-refractivity contribution is 5.95.